The quantitative estimate of drug-likeness (QED) is 0.200. The maximum absolute atomic E-state index is 6.88. The van der Waals surface area contributed by atoms with Crippen LogP contribution in [0.25, 0.3) is 104 Å². The SMILES string of the molecule is c1ccc2c(c1)oc1ccc(-n3c4ccccc4c4c5ccc6oc7ccccc7c6c5c5c6ccccc6oc5c43)cc12. The predicted octanol–water partition coefficient (Wildman–Crippen LogP) is 11.6. The van der Waals surface area contributed by atoms with Gasteiger partial charge in [0.2, 0.25) is 0 Å². The summed E-state index contributed by atoms with van der Waals surface area (Å²) in [7, 11) is 0. The molecule has 0 unspecified atom stereocenters. The molecule has 0 N–H and O–H groups in total. The fourth-order valence-electron chi connectivity index (χ4n) is 7.59. The Morgan fingerprint density at radius 3 is 1.77 bits per heavy atom. The zero-order valence-electron chi connectivity index (χ0n) is 23.3. The summed E-state index contributed by atoms with van der Waals surface area (Å²) in [5, 5.41) is 11.3. The highest BCUT2D eigenvalue weighted by atomic mass is 16.3. The lowest BCUT2D eigenvalue weighted by molar-refractivity contribution is 0.668. The lowest BCUT2D eigenvalue weighted by Gasteiger charge is -2.10. The van der Waals surface area contributed by atoms with E-state index in [0.717, 1.165) is 82.5 Å². The molecule has 0 aliphatic heterocycles. The molecule has 0 bridgehead atoms. The molecule has 0 saturated heterocycles. The summed E-state index contributed by atoms with van der Waals surface area (Å²) < 4.78 is 21.8. The highest BCUT2D eigenvalue weighted by Gasteiger charge is 2.25. The summed E-state index contributed by atoms with van der Waals surface area (Å²) in [6.45, 7) is 0. The largest absolute Gasteiger partial charge is 0.456 e. The maximum atomic E-state index is 6.88. The standard InChI is InChI=1S/C40H21NO3/c1-5-13-29-24(10-1)35-27-18-20-34-36(25-11-3-7-15-31(25)43-34)37(27)38-26-12-4-8-16-32(26)44-40(38)39(35)41(29)22-17-19-33-28(21-22)23-9-2-6-14-30(23)42-33/h1-21H. The molecular weight excluding hydrogens is 542 g/mol. The number of aromatic nitrogens is 1. The normalized spacial score (nSPS) is 12.5. The van der Waals surface area contributed by atoms with Gasteiger partial charge in [0.15, 0.2) is 5.58 Å². The molecule has 0 aliphatic carbocycles. The fourth-order valence-corrected chi connectivity index (χ4v) is 7.59. The van der Waals surface area contributed by atoms with Gasteiger partial charge in [0.25, 0.3) is 0 Å². The molecule has 4 heteroatoms. The van der Waals surface area contributed by atoms with E-state index in [9.17, 15) is 0 Å². The molecule has 0 saturated carbocycles. The molecule has 4 aromatic heterocycles. The molecule has 11 aromatic rings. The molecule has 0 spiro atoms. The smallest absolute Gasteiger partial charge is 0.160 e. The van der Waals surface area contributed by atoms with Crippen molar-refractivity contribution < 1.29 is 13.3 Å². The number of hydrogen-bond acceptors (Lipinski definition) is 3. The van der Waals surface area contributed by atoms with E-state index in [-0.39, 0.29) is 0 Å². The van der Waals surface area contributed by atoms with Gasteiger partial charge in [0.1, 0.15) is 27.9 Å². The second-order valence-electron chi connectivity index (χ2n) is 11.6. The van der Waals surface area contributed by atoms with Crippen LogP contribution in [0.5, 0.6) is 0 Å². The minimum atomic E-state index is 0.870. The molecule has 0 radical (unpaired) electrons. The lowest BCUT2D eigenvalue weighted by atomic mass is 9.95. The van der Waals surface area contributed by atoms with Gasteiger partial charge in [-0.05, 0) is 60.0 Å². The third kappa shape index (κ3) is 2.69. The summed E-state index contributed by atoms with van der Waals surface area (Å²) in [5.41, 5.74) is 8.53. The van der Waals surface area contributed by atoms with E-state index in [4.69, 9.17) is 13.3 Å². The zero-order chi connectivity index (χ0) is 28.5. The van der Waals surface area contributed by atoms with E-state index in [1.165, 1.54) is 21.5 Å². The molecule has 204 valence electrons. The van der Waals surface area contributed by atoms with Gasteiger partial charge in [0.05, 0.1) is 11.0 Å². The average Bonchev–Trinajstić information content (AvgIpc) is 3.83. The molecule has 0 aliphatic rings. The van der Waals surface area contributed by atoms with E-state index < -0.39 is 0 Å². The minimum Gasteiger partial charge on any atom is -0.456 e. The number of furan rings is 3. The molecule has 4 heterocycles. The first-order valence-electron chi connectivity index (χ1n) is 14.9. The summed E-state index contributed by atoms with van der Waals surface area (Å²) in [5.74, 6) is 0. The Kier molecular flexibility index (Phi) is 4.04. The number of para-hydroxylation sites is 4. The van der Waals surface area contributed by atoms with Gasteiger partial charge >= 0.3 is 0 Å². The predicted molar refractivity (Wildman–Crippen MR) is 180 cm³/mol. The van der Waals surface area contributed by atoms with Crippen LogP contribution in [0.3, 0.4) is 0 Å². The average molecular weight is 564 g/mol. The van der Waals surface area contributed by atoms with Crippen LogP contribution < -0.4 is 0 Å². The highest BCUT2D eigenvalue weighted by Crippen LogP contribution is 2.49. The van der Waals surface area contributed by atoms with Crippen molar-refractivity contribution in [1.29, 1.82) is 0 Å². The van der Waals surface area contributed by atoms with E-state index in [1.54, 1.807) is 0 Å². The van der Waals surface area contributed by atoms with Crippen molar-refractivity contribution in [3.8, 4) is 5.69 Å². The van der Waals surface area contributed by atoms with Crippen LogP contribution in [0.2, 0.25) is 0 Å². The van der Waals surface area contributed by atoms with Crippen LogP contribution in [-0.4, -0.2) is 4.57 Å². The summed E-state index contributed by atoms with van der Waals surface area (Å²) in [6.07, 6.45) is 0. The van der Waals surface area contributed by atoms with Gasteiger partial charge in [-0.1, -0.05) is 72.8 Å². The fraction of sp³-hybridized carbons (Fsp3) is 0. The van der Waals surface area contributed by atoms with Gasteiger partial charge in [0, 0.05) is 54.2 Å². The molecule has 0 amide bonds. The molecule has 0 fully saturated rings. The Labute approximate surface area is 248 Å². The van der Waals surface area contributed by atoms with Crippen molar-refractivity contribution in [2.24, 2.45) is 0 Å². The maximum Gasteiger partial charge on any atom is 0.160 e. The number of rotatable bonds is 1. The molecule has 44 heavy (non-hydrogen) atoms. The lowest BCUT2D eigenvalue weighted by Crippen LogP contribution is -1.94. The molecule has 7 aromatic carbocycles. The van der Waals surface area contributed by atoms with Gasteiger partial charge in [-0.25, -0.2) is 0 Å². The van der Waals surface area contributed by atoms with Crippen LogP contribution in [0.15, 0.2) is 141 Å². The Hall–Kier alpha value is -6.00. The Morgan fingerprint density at radius 1 is 0.364 bits per heavy atom. The number of fused-ring (bicyclic) bond motifs is 17. The monoisotopic (exact) mass is 563 g/mol. The third-order valence-corrected chi connectivity index (χ3v) is 9.37. The highest BCUT2D eigenvalue weighted by molar-refractivity contribution is 6.40. The number of hydrogen-bond donors (Lipinski definition) is 0. The Bertz CT molecular complexity index is 3000. The van der Waals surface area contributed by atoms with Crippen LogP contribution in [0.1, 0.15) is 0 Å². The van der Waals surface area contributed by atoms with Gasteiger partial charge in [-0.15, -0.1) is 0 Å². The molecule has 4 nitrogen and oxygen atoms in total. The van der Waals surface area contributed by atoms with Crippen LogP contribution >= 0.6 is 0 Å². The third-order valence-electron chi connectivity index (χ3n) is 9.37. The van der Waals surface area contributed by atoms with Crippen LogP contribution in [0, 0.1) is 0 Å². The van der Waals surface area contributed by atoms with Crippen molar-refractivity contribution in [3.05, 3.63) is 127 Å². The first kappa shape index (κ1) is 22.6. The van der Waals surface area contributed by atoms with E-state index in [1.807, 2.05) is 30.3 Å². The second-order valence-corrected chi connectivity index (χ2v) is 11.6. The summed E-state index contributed by atoms with van der Waals surface area (Å²) in [6, 6.07) is 44.4. The number of benzene rings is 7. The molecular formula is C40H21NO3. The minimum absolute atomic E-state index is 0.870. The first-order valence-corrected chi connectivity index (χ1v) is 14.9. The topological polar surface area (TPSA) is 44.4 Å². The Balaban J connectivity index is 1.43. The Morgan fingerprint density at radius 2 is 0.955 bits per heavy atom. The van der Waals surface area contributed by atoms with Crippen LogP contribution in [0.4, 0.5) is 0 Å². The van der Waals surface area contributed by atoms with Crippen LogP contribution in [-0.2, 0) is 0 Å². The van der Waals surface area contributed by atoms with Crippen molar-refractivity contribution in [1.82, 2.24) is 4.57 Å². The van der Waals surface area contributed by atoms with E-state index in [0.29, 0.717) is 0 Å². The van der Waals surface area contributed by atoms with Gasteiger partial charge in [-0.3, -0.25) is 0 Å². The van der Waals surface area contributed by atoms with E-state index >= 15 is 0 Å². The summed E-state index contributed by atoms with van der Waals surface area (Å²) in [4.78, 5) is 0. The number of nitrogens with zero attached hydrogens (tertiary/aromatic N) is 1. The van der Waals surface area contributed by atoms with Crippen molar-refractivity contribution in [2.75, 3.05) is 0 Å². The summed E-state index contributed by atoms with van der Waals surface area (Å²) >= 11 is 0. The molecule has 0 atom stereocenters. The van der Waals surface area contributed by atoms with Gasteiger partial charge < -0.3 is 17.8 Å². The van der Waals surface area contributed by atoms with E-state index in [2.05, 4.69) is 102 Å². The van der Waals surface area contributed by atoms with Crippen molar-refractivity contribution in [2.45, 2.75) is 0 Å². The second kappa shape index (κ2) is 7.88. The molecule has 11 rings (SSSR count). The van der Waals surface area contributed by atoms with Gasteiger partial charge in [-0.2, -0.15) is 0 Å². The zero-order valence-corrected chi connectivity index (χ0v) is 23.3. The van der Waals surface area contributed by atoms with Crippen molar-refractivity contribution >= 4 is 98.4 Å². The van der Waals surface area contributed by atoms with Crippen molar-refractivity contribution in [3.63, 3.8) is 0 Å². The first-order chi connectivity index (χ1) is 21.8.